The lowest BCUT2D eigenvalue weighted by Gasteiger charge is -2.35. The fourth-order valence-electron chi connectivity index (χ4n) is 4.80. The number of hydrogen-bond donors (Lipinski definition) is 2. The standard InChI is InChI=1S/C26H28ClN5O5/c1-35-22-14-37-21-6-4-3-5-16(21)24(22)29-25(33)15-7-9-32(10-8-15)26(34)20-12-19(30-31-20)17-11-23(36-2)28-13-18(17)27/h3-6,11-13,15,22,24H,7-10,14H2,1-2H3,(H,29,33)(H,30,31). The number of carbonyl (C=O) groups excluding carboxylic acids is 2. The van der Waals surface area contributed by atoms with Crippen LogP contribution in [0.4, 0.5) is 0 Å². The number of piperidine rings is 1. The Bertz CT molecular complexity index is 1290. The first kappa shape index (κ1) is 25.0. The molecule has 2 N–H and O–H groups in total. The average molecular weight is 526 g/mol. The quantitative estimate of drug-likeness (QED) is 0.507. The Morgan fingerprint density at radius 3 is 2.73 bits per heavy atom. The Morgan fingerprint density at radius 2 is 1.97 bits per heavy atom. The van der Waals surface area contributed by atoms with E-state index in [9.17, 15) is 9.59 Å². The van der Waals surface area contributed by atoms with Crippen LogP contribution in [0.5, 0.6) is 11.6 Å². The van der Waals surface area contributed by atoms with Gasteiger partial charge in [-0.05, 0) is 25.0 Å². The highest BCUT2D eigenvalue weighted by Crippen LogP contribution is 2.34. The molecule has 2 unspecified atom stereocenters. The Kier molecular flexibility index (Phi) is 7.29. The number of para-hydroxylation sites is 1. The van der Waals surface area contributed by atoms with Crippen molar-refractivity contribution in [1.29, 1.82) is 0 Å². The number of ether oxygens (including phenoxy) is 3. The zero-order valence-electron chi connectivity index (χ0n) is 20.6. The van der Waals surface area contributed by atoms with Crippen molar-refractivity contribution in [3.63, 3.8) is 0 Å². The molecule has 10 nitrogen and oxygen atoms in total. The molecule has 2 aliphatic heterocycles. The summed E-state index contributed by atoms with van der Waals surface area (Å²) >= 11 is 6.27. The lowest BCUT2D eigenvalue weighted by molar-refractivity contribution is -0.128. The molecule has 0 saturated carbocycles. The van der Waals surface area contributed by atoms with Crippen LogP contribution in [0.1, 0.15) is 34.9 Å². The van der Waals surface area contributed by atoms with Crippen molar-refractivity contribution in [2.75, 3.05) is 33.9 Å². The highest BCUT2D eigenvalue weighted by Gasteiger charge is 2.35. The number of pyridine rings is 1. The van der Waals surface area contributed by atoms with Crippen LogP contribution in [-0.4, -0.2) is 71.9 Å². The molecule has 2 aromatic heterocycles. The first-order valence-corrected chi connectivity index (χ1v) is 12.5. The summed E-state index contributed by atoms with van der Waals surface area (Å²) in [6.45, 7) is 1.29. The summed E-state index contributed by atoms with van der Waals surface area (Å²) in [6, 6.07) is 10.7. The topological polar surface area (TPSA) is 119 Å². The number of fused-ring (bicyclic) bond motifs is 1. The van der Waals surface area contributed by atoms with E-state index in [1.165, 1.54) is 13.3 Å². The van der Waals surface area contributed by atoms with Crippen molar-refractivity contribution < 1.29 is 23.8 Å². The van der Waals surface area contributed by atoms with Gasteiger partial charge >= 0.3 is 0 Å². The van der Waals surface area contributed by atoms with Crippen LogP contribution in [0.25, 0.3) is 11.3 Å². The molecule has 37 heavy (non-hydrogen) atoms. The van der Waals surface area contributed by atoms with Crippen molar-refractivity contribution in [2.45, 2.75) is 25.0 Å². The SMILES string of the molecule is COc1cc(-c2cc(C(=O)N3CCC(C(=O)NC4c5ccccc5OCC4OC)CC3)n[nH]2)c(Cl)cn1. The lowest BCUT2D eigenvalue weighted by atomic mass is 9.93. The van der Waals surface area contributed by atoms with Crippen molar-refractivity contribution in [3.8, 4) is 22.9 Å². The predicted molar refractivity (Wildman–Crippen MR) is 136 cm³/mol. The van der Waals surface area contributed by atoms with Gasteiger partial charge in [0.2, 0.25) is 11.8 Å². The Hall–Kier alpha value is -3.63. The van der Waals surface area contributed by atoms with Gasteiger partial charge in [0.05, 0.1) is 30.1 Å². The third kappa shape index (κ3) is 5.12. The number of nitrogens with zero attached hydrogens (tertiary/aromatic N) is 3. The van der Waals surface area contributed by atoms with E-state index in [1.807, 2.05) is 24.3 Å². The average Bonchev–Trinajstić information content (AvgIpc) is 3.43. The second-order valence-electron chi connectivity index (χ2n) is 9.05. The number of nitrogens with one attached hydrogen (secondary N) is 2. The molecular formula is C26H28ClN5O5. The van der Waals surface area contributed by atoms with E-state index in [0.29, 0.717) is 54.7 Å². The van der Waals surface area contributed by atoms with Crippen LogP contribution in [0.15, 0.2) is 42.6 Å². The minimum Gasteiger partial charge on any atom is -0.490 e. The van der Waals surface area contributed by atoms with E-state index in [-0.39, 0.29) is 35.6 Å². The number of rotatable bonds is 6. The predicted octanol–water partition coefficient (Wildman–Crippen LogP) is 3.25. The van der Waals surface area contributed by atoms with Gasteiger partial charge in [-0.25, -0.2) is 4.98 Å². The summed E-state index contributed by atoms with van der Waals surface area (Å²) in [5.74, 6) is 0.722. The number of halogens is 1. The first-order valence-electron chi connectivity index (χ1n) is 12.1. The van der Waals surface area contributed by atoms with Gasteiger partial charge in [0.15, 0.2) is 5.69 Å². The molecule has 1 saturated heterocycles. The van der Waals surface area contributed by atoms with Crippen molar-refractivity contribution in [3.05, 3.63) is 58.9 Å². The maximum absolute atomic E-state index is 13.2. The lowest BCUT2D eigenvalue weighted by Crippen LogP contribution is -2.47. The summed E-state index contributed by atoms with van der Waals surface area (Å²) in [5, 5.41) is 10.6. The molecule has 2 amide bonds. The summed E-state index contributed by atoms with van der Waals surface area (Å²) in [4.78, 5) is 32.1. The van der Waals surface area contributed by atoms with E-state index in [1.54, 1.807) is 24.1 Å². The summed E-state index contributed by atoms with van der Waals surface area (Å²) in [5.41, 5.74) is 2.42. The second-order valence-corrected chi connectivity index (χ2v) is 9.46. The largest absolute Gasteiger partial charge is 0.490 e. The van der Waals surface area contributed by atoms with Gasteiger partial charge in [0.25, 0.3) is 5.91 Å². The van der Waals surface area contributed by atoms with Crippen LogP contribution in [0.3, 0.4) is 0 Å². The van der Waals surface area contributed by atoms with Crippen molar-refractivity contribution >= 4 is 23.4 Å². The zero-order chi connectivity index (χ0) is 25.9. The fraction of sp³-hybridized carbons (Fsp3) is 0.385. The molecule has 194 valence electrons. The molecule has 3 aromatic rings. The molecule has 1 aromatic carbocycles. The number of aromatic nitrogens is 3. The molecule has 0 bridgehead atoms. The van der Waals surface area contributed by atoms with Gasteiger partial charge < -0.3 is 24.4 Å². The van der Waals surface area contributed by atoms with Crippen LogP contribution in [0, 0.1) is 5.92 Å². The minimum absolute atomic E-state index is 0.0424. The maximum Gasteiger partial charge on any atom is 0.274 e. The number of carbonyl (C=O) groups is 2. The first-order chi connectivity index (χ1) is 18.0. The Balaban J connectivity index is 1.21. The van der Waals surface area contributed by atoms with Crippen molar-refractivity contribution in [2.24, 2.45) is 5.92 Å². The van der Waals surface area contributed by atoms with E-state index >= 15 is 0 Å². The number of benzene rings is 1. The number of amides is 2. The van der Waals surface area contributed by atoms with Crippen LogP contribution in [-0.2, 0) is 9.53 Å². The highest BCUT2D eigenvalue weighted by atomic mass is 35.5. The third-order valence-electron chi connectivity index (χ3n) is 6.91. The van der Waals surface area contributed by atoms with Crippen LogP contribution in [0.2, 0.25) is 5.02 Å². The van der Waals surface area contributed by atoms with Gasteiger partial charge in [0.1, 0.15) is 18.5 Å². The number of methoxy groups -OCH3 is 2. The molecule has 0 aliphatic carbocycles. The number of likely N-dealkylation sites (tertiary alicyclic amines) is 1. The second kappa shape index (κ2) is 10.8. The van der Waals surface area contributed by atoms with E-state index < -0.39 is 0 Å². The van der Waals surface area contributed by atoms with Gasteiger partial charge in [-0.2, -0.15) is 5.10 Å². The third-order valence-corrected chi connectivity index (χ3v) is 7.21. The molecule has 5 rings (SSSR count). The Labute approximate surface area is 219 Å². The molecule has 0 spiro atoms. The minimum atomic E-state index is -0.289. The maximum atomic E-state index is 13.2. The summed E-state index contributed by atoms with van der Waals surface area (Å²) < 4.78 is 16.5. The summed E-state index contributed by atoms with van der Waals surface area (Å²) in [7, 11) is 3.13. The van der Waals surface area contributed by atoms with Gasteiger partial charge in [0, 0.05) is 43.3 Å². The smallest absolute Gasteiger partial charge is 0.274 e. The molecule has 0 radical (unpaired) electrons. The molecule has 1 fully saturated rings. The monoisotopic (exact) mass is 525 g/mol. The van der Waals surface area contributed by atoms with E-state index in [2.05, 4.69) is 20.5 Å². The fourth-order valence-corrected chi connectivity index (χ4v) is 5.00. The van der Waals surface area contributed by atoms with Crippen LogP contribution >= 0.6 is 11.6 Å². The number of aromatic amines is 1. The van der Waals surface area contributed by atoms with Gasteiger partial charge in [-0.1, -0.05) is 29.8 Å². The van der Waals surface area contributed by atoms with Crippen molar-refractivity contribution in [1.82, 2.24) is 25.4 Å². The number of hydrogen-bond acceptors (Lipinski definition) is 7. The molecule has 4 heterocycles. The molecule has 2 atom stereocenters. The summed E-state index contributed by atoms with van der Waals surface area (Å²) in [6.07, 6.45) is 2.33. The van der Waals surface area contributed by atoms with E-state index in [0.717, 1.165) is 11.3 Å². The molecular weight excluding hydrogens is 498 g/mol. The van der Waals surface area contributed by atoms with Crippen LogP contribution < -0.4 is 14.8 Å². The van der Waals surface area contributed by atoms with Gasteiger partial charge in [-0.15, -0.1) is 0 Å². The van der Waals surface area contributed by atoms with Gasteiger partial charge in [-0.3, -0.25) is 14.7 Å². The molecule has 2 aliphatic rings. The van der Waals surface area contributed by atoms with E-state index in [4.69, 9.17) is 25.8 Å². The zero-order valence-corrected chi connectivity index (χ0v) is 21.3. The normalized spacial score (nSPS) is 19.6. The molecule has 11 heteroatoms. The number of H-pyrrole nitrogens is 1. The Morgan fingerprint density at radius 1 is 1.19 bits per heavy atom. The highest BCUT2D eigenvalue weighted by molar-refractivity contribution is 6.33.